The van der Waals surface area contributed by atoms with Gasteiger partial charge in [-0.25, -0.2) is 4.31 Å². The molecule has 1 aliphatic heterocycles. The van der Waals surface area contributed by atoms with Crippen LogP contribution in [0.5, 0.6) is 0 Å². The fourth-order valence-electron chi connectivity index (χ4n) is 1.62. The van der Waals surface area contributed by atoms with Crippen LogP contribution in [0.1, 0.15) is 23.7 Å². The maximum absolute atomic E-state index is 11.9. The molecule has 0 aromatic heterocycles. The Morgan fingerprint density at radius 3 is 2.69 bits per heavy atom. The van der Waals surface area contributed by atoms with Crippen molar-refractivity contribution in [2.75, 3.05) is 11.3 Å². The summed E-state index contributed by atoms with van der Waals surface area (Å²) >= 11 is 0. The minimum absolute atomic E-state index is 0.197. The van der Waals surface area contributed by atoms with Gasteiger partial charge in [-0.2, -0.15) is 8.42 Å². The van der Waals surface area contributed by atoms with Crippen molar-refractivity contribution in [3.05, 3.63) is 29.8 Å². The minimum Gasteiger partial charge on any atom is -0.268 e. The fourth-order valence-corrected chi connectivity index (χ4v) is 2.93. The summed E-state index contributed by atoms with van der Waals surface area (Å²) in [6, 6.07) is 6.58. The first-order valence-electron chi connectivity index (χ1n) is 5.00. The molecular formula is C10H12N2O3S. The average molecular weight is 240 g/mol. The smallest absolute Gasteiger partial charge is 0.268 e. The third kappa shape index (κ3) is 1.65. The lowest BCUT2D eigenvalue weighted by molar-refractivity contribution is 0.0860. The number of para-hydroxylation sites is 1. The van der Waals surface area contributed by atoms with Gasteiger partial charge in [0, 0.05) is 6.54 Å². The standard InChI is InChI=1S/C10H12N2O3S/c1-2-7-12-10(13)8-5-3-4-6-9(8)11-16(12,14)15/h3-6,11H,2,7H2,1H3. The van der Waals surface area contributed by atoms with E-state index in [1.54, 1.807) is 24.3 Å². The first kappa shape index (κ1) is 10.9. The number of hydrogen-bond acceptors (Lipinski definition) is 3. The van der Waals surface area contributed by atoms with Crippen LogP contribution in [0.4, 0.5) is 5.69 Å². The predicted octanol–water partition coefficient (Wildman–Crippen LogP) is 1.21. The molecule has 0 atom stereocenters. The van der Waals surface area contributed by atoms with Gasteiger partial charge in [0.05, 0.1) is 11.3 Å². The van der Waals surface area contributed by atoms with Crippen LogP contribution in [0, 0.1) is 0 Å². The summed E-state index contributed by atoms with van der Waals surface area (Å²) in [6.07, 6.45) is 0.592. The molecule has 1 aromatic carbocycles. The summed E-state index contributed by atoms with van der Waals surface area (Å²) in [7, 11) is -3.71. The molecule has 0 fully saturated rings. The zero-order valence-electron chi connectivity index (χ0n) is 8.80. The van der Waals surface area contributed by atoms with Gasteiger partial charge in [-0.05, 0) is 18.6 Å². The molecule has 2 rings (SSSR count). The predicted molar refractivity (Wildman–Crippen MR) is 60.3 cm³/mol. The number of fused-ring (bicyclic) bond motifs is 1. The highest BCUT2D eigenvalue weighted by atomic mass is 32.2. The van der Waals surface area contributed by atoms with Crippen LogP contribution in [-0.2, 0) is 10.2 Å². The maximum atomic E-state index is 11.9. The van der Waals surface area contributed by atoms with E-state index in [0.29, 0.717) is 17.7 Å². The Hall–Kier alpha value is -1.56. The summed E-state index contributed by atoms with van der Waals surface area (Å²) in [5.41, 5.74) is 0.741. The molecule has 86 valence electrons. The fraction of sp³-hybridized carbons (Fsp3) is 0.300. The Balaban J connectivity index is 2.52. The lowest BCUT2D eigenvalue weighted by Crippen LogP contribution is -2.44. The molecule has 1 heterocycles. The number of nitrogens with zero attached hydrogens (tertiary/aromatic N) is 1. The van der Waals surface area contributed by atoms with Gasteiger partial charge in [0.2, 0.25) is 0 Å². The van der Waals surface area contributed by atoms with Crippen LogP contribution in [0.15, 0.2) is 24.3 Å². The van der Waals surface area contributed by atoms with Crippen molar-refractivity contribution in [3.63, 3.8) is 0 Å². The lowest BCUT2D eigenvalue weighted by atomic mass is 10.1. The third-order valence-corrected chi connectivity index (χ3v) is 3.75. The molecule has 0 saturated carbocycles. The summed E-state index contributed by atoms with van der Waals surface area (Å²) in [5.74, 6) is -0.462. The Morgan fingerprint density at radius 2 is 2.00 bits per heavy atom. The number of carbonyl (C=O) groups is 1. The van der Waals surface area contributed by atoms with Crippen LogP contribution in [-0.4, -0.2) is 25.2 Å². The van der Waals surface area contributed by atoms with E-state index in [1.807, 2.05) is 6.92 Å². The SMILES string of the molecule is CCCN1C(=O)c2ccccc2NS1(=O)=O. The zero-order chi connectivity index (χ0) is 11.8. The maximum Gasteiger partial charge on any atom is 0.326 e. The number of amides is 1. The number of anilines is 1. The van der Waals surface area contributed by atoms with E-state index < -0.39 is 16.1 Å². The molecule has 0 spiro atoms. The first-order chi connectivity index (χ1) is 7.56. The third-order valence-electron chi connectivity index (χ3n) is 2.34. The second kappa shape index (κ2) is 3.79. The monoisotopic (exact) mass is 240 g/mol. The normalized spacial score (nSPS) is 17.8. The molecular weight excluding hydrogens is 228 g/mol. The Labute approximate surface area is 94.3 Å². The topological polar surface area (TPSA) is 66.5 Å². The van der Waals surface area contributed by atoms with Gasteiger partial charge in [0.1, 0.15) is 0 Å². The van der Waals surface area contributed by atoms with Crippen LogP contribution >= 0.6 is 0 Å². The number of carbonyl (C=O) groups excluding carboxylic acids is 1. The quantitative estimate of drug-likeness (QED) is 0.845. The molecule has 0 bridgehead atoms. The first-order valence-corrected chi connectivity index (χ1v) is 6.44. The van der Waals surface area contributed by atoms with Crippen molar-refractivity contribution in [3.8, 4) is 0 Å². The minimum atomic E-state index is -3.71. The molecule has 0 saturated heterocycles. The van der Waals surface area contributed by atoms with Gasteiger partial charge in [-0.3, -0.25) is 9.52 Å². The van der Waals surface area contributed by atoms with Crippen molar-refractivity contribution in [2.45, 2.75) is 13.3 Å². The summed E-state index contributed by atoms with van der Waals surface area (Å²) in [4.78, 5) is 11.9. The Kier molecular flexibility index (Phi) is 2.59. The average Bonchev–Trinajstić information content (AvgIpc) is 2.23. The van der Waals surface area contributed by atoms with Gasteiger partial charge < -0.3 is 0 Å². The Morgan fingerprint density at radius 1 is 1.31 bits per heavy atom. The second-order valence-corrected chi connectivity index (χ2v) is 5.13. The van der Waals surface area contributed by atoms with Gasteiger partial charge in [0.15, 0.2) is 0 Å². The molecule has 1 aromatic rings. The second-order valence-electron chi connectivity index (χ2n) is 3.53. The molecule has 16 heavy (non-hydrogen) atoms. The van der Waals surface area contributed by atoms with E-state index >= 15 is 0 Å². The molecule has 0 aliphatic carbocycles. The van der Waals surface area contributed by atoms with Gasteiger partial charge in [-0.15, -0.1) is 0 Å². The number of hydrogen-bond donors (Lipinski definition) is 1. The van der Waals surface area contributed by atoms with E-state index in [1.165, 1.54) is 0 Å². The van der Waals surface area contributed by atoms with Crippen molar-refractivity contribution < 1.29 is 13.2 Å². The highest BCUT2D eigenvalue weighted by molar-refractivity contribution is 7.91. The van der Waals surface area contributed by atoms with E-state index in [-0.39, 0.29) is 6.54 Å². The van der Waals surface area contributed by atoms with Crippen molar-refractivity contribution in [2.24, 2.45) is 0 Å². The van der Waals surface area contributed by atoms with Crippen LogP contribution in [0.25, 0.3) is 0 Å². The molecule has 0 radical (unpaired) electrons. The van der Waals surface area contributed by atoms with E-state index in [9.17, 15) is 13.2 Å². The van der Waals surface area contributed by atoms with Crippen molar-refractivity contribution in [1.82, 2.24) is 4.31 Å². The Bertz CT molecular complexity index is 525. The van der Waals surface area contributed by atoms with Crippen molar-refractivity contribution in [1.29, 1.82) is 0 Å². The largest absolute Gasteiger partial charge is 0.326 e. The molecule has 5 nitrogen and oxygen atoms in total. The van der Waals surface area contributed by atoms with Gasteiger partial charge in [-0.1, -0.05) is 19.1 Å². The summed E-state index contributed by atoms with van der Waals surface area (Å²) in [6.45, 7) is 2.02. The zero-order valence-corrected chi connectivity index (χ0v) is 9.62. The van der Waals surface area contributed by atoms with E-state index in [0.717, 1.165) is 4.31 Å². The summed E-state index contributed by atoms with van der Waals surface area (Å²) < 4.78 is 26.7. The molecule has 1 N–H and O–H groups in total. The van der Waals surface area contributed by atoms with E-state index in [4.69, 9.17) is 0 Å². The molecule has 1 aliphatic rings. The van der Waals surface area contributed by atoms with E-state index in [2.05, 4.69) is 4.72 Å². The molecule has 0 unspecified atom stereocenters. The molecule has 6 heteroatoms. The lowest BCUT2D eigenvalue weighted by Gasteiger charge is -2.28. The van der Waals surface area contributed by atoms with Crippen LogP contribution in [0.3, 0.4) is 0 Å². The number of nitrogens with one attached hydrogen (secondary N) is 1. The number of benzene rings is 1. The summed E-state index contributed by atoms with van der Waals surface area (Å²) in [5, 5.41) is 0. The highest BCUT2D eigenvalue weighted by Crippen LogP contribution is 2.25. The van der Waals surface area contributed by atoms with Crippen LogP contribution in [0.2, 0.25) is 0 Å². The highest BCUT2D eigenvalue weighted by Gasteiger charge is 2.34. The van der Waals surface area contributed by atoms with Gasteiger partial charge in [0.25, 0.3) is 5.91 Å². The van der Waals surface area contributed by atoms with Crippen LogP contribution < -0.4 is 4.72 Å². The number of rotatable bonds is 2. The molecule has 1 amide bonds. The van der Waals surface area contributed by atoms with Crippen molar-refractivity contribution >= 4 is 21.8 Å². The van der Waals surface area contributed by atoms with Gasteiger partial charge >= 0.3 is 10.2 Å².